The average molecular weight is 517 g/mol. The van der Waals surface area contributed by atoms with Crippen LogP contribution < -0.4 is 16.2 Å². The van der Waals surface area contributed by atoms with Crippen LogP contribution in [0.5, 0.6) is 0 Å². The van der Waals surface area contributed by atoms with Crippen LogP contribution in [0.3, 0.4) is 0 Å². The minimum absolute atomic E-state index is 0.0245. The number of H-pyrrole nitrogens is 2. The Bertz CT molecular complexity index is 1700. The molecule has 2 aromatic carbocycles. The lowest BCUT2D eigenvalue weighted by molar-refractivity contribution is 0.187. The summed E-state index contributed by atoms with van der Waals surface area (Å²) in [6, 6.07) is 15.5. The first kappa shape index (κ1) is 22.7. The maximum atomic E-state index is 13.3. The number of sulfone groups is 1. The van der Waals surface area contributed by atoms with Crippen molar-refractivity contribution in [1.29, 1.82) is 0 Å². The van der Waals surface area contributed by atoms with Gasteiger partial charge in [-0.3, -0.25) is 14.9 Å². The highest BCUT2D eigenvalue weighted by molar-refractivity contribution is 7.91. The molecule has 2 aliphatic heterocycles. The number of nitrogens with one attached hydrogen (secondary N) is 2. The Kier molecular flexibility index (Phi) is 4.90. The second-order valence-electron chi connectivity index (χ2n) is 10.6. The molecule has 4 N–H and O–H groups in total. The Morgan fingerprint density at radius 2 is 1.76 bits per heavy atom. The van der Waals surface area contributed by atoms with Crippen LogP contribution in [0.15, 0.2) is 58.2 Å². The van der Waals surface area contributed by atoms with E-state index in [4.69, 9.17) is 10.7 Å². The van der Waals surface area contributed by atoms with Gasteiger partial charge in [0, 0.05) is 25.0 Å². The van der Waals surface area contributed by atoms with Gasteiger partial charge in [-0.05, 0) is 53.9 Å². The quantitative estimate of drug-likeness (QED) is 0.372. The summed E-state index contributed by atoms with van der Waals surface area (Å²) in [6.07, 6.45) is 3.21. The summed E-state index contributed by atoms with van der Waals surface area (Å²) in [7, 11) is -3.33. The van der Waals surface area contributed by atoms with Gasteiger partial charge in [0.25, 0.3) is 5.56 Å². The fourth-order valence-corrected chi connectivity index (χ4v) is 8.32. The van der Waals surface area contributed by atoms with E-state index in [1.807, 2.05) is 12.1 Å². The van der Waals surface area contributed by atoms with E-state index in [0.717, 1.165) is 32.4 Å². The Balaban J connectivity index is 1.18. The molecule has 1 unspecified atom stereocenters. The number of piperidine rings is 1. The number of aromatic nitrogens is 4. The summed E-state index contributed by atoms with van der Waals surface area (Å²) in [5.41, 5.74) is 10.8. The number of nitrogens with two attached hydrogens (primary N) is 1. The zero-order valence-corrected chi connectivity index (χ0v) is 21.1. The van der Waals surface area contributed by atoms with Crippen molar-refractivity contribution >= 4 is 26.8 Å². The van der Waals surface area contributed by atoms with Crippen LogP contribution in [0.2, 0.25) is 0 Å². The fourth-order valence-electron chi connectivity index (χ4n) is 6.70. The number of nitrogens with zero attached hydrogens (tertiary/aromatic N) is 3. The van der Waals surface area contributed by atoms with Crippen molar-refractivity contribution in [3.05, 3.63) is 81.3 Å². The Morgan fingerprint density at radius 1 is 1.03 bits per heavy atom. The van der Waals surface area contributed by atoms with Gasteiger partial charge >= 0.3 is 0 Å². The van der Waals surface area contributed by atoms with Crippen molar-refractivity contribution in [2.24, 2.45) is 11.1 Å². The minimum Gasteiger partial charge on any atom is -0.342 e. The molecule has 2 aromatic heterocycles. The molecule has 4 heterocycles. The molecule has 2 atom stereocenters. The summed E-state index contributed by atoms with van der Waals surface area (Å²) < 4.78 is 25.2. The number of rotatable bonds is 2. The number of anilines is 1. The monoisotopic (exact) mass is 516 g/mol. The minimum atomic E-state index is -3.33. The summed E-state index contributed by atoms with van der Waals surface area (Å²) in [6.45, 7) is 1.50. The van der Waals surface area contributed by atoms with E-state index in [1.165, 1.54) is 11.1 Å². The SMILES string of the molecule is N[C@@H]1c2ccccc2CC12CCN(c1nc3n[nH]c(C4CCS(=O)(=O)c5ccccc54)c3c(=O)[nH]1)CC2. The van der Waals surface area contributed by atoms with Crippen LogP contribution in [0.4, 0.5) is 5.95 Å². The number of benzene rings is 2. The number of hydrogen-bond acceptors (Lipinski definition) is 7. The van der Waals surface area contributed by atoms with Crippen molar-refractivity contribution in [2.45, 2.75) is 42.5 Å². The lowest BCUT2D eigenvalue weighted by Crippen LogP contribution is -2.45. The van der Waals surface area contributed by atoms with Crippen molar-refractivity contribution in [3.8, 4) is 0 Å². The molecular weight excluding hydrogens is 488 g/mol. The molecule has 37 heavy (non-hydrogen) atoms. The smallest absolute Gasteiger partial charge is 0.263 e. The van der Waals surface area contributed by atoms with Crippen LogP contribution in [0.1, 0.15) is 53.6 Å². The third kappa shape index (κ3) is 3.39. The van der Waals surface area contributed by atoms with E-state index < -0.39 is 9.84 Å². The molecular formula is C27H28N6O3S. The van der Waals surface area contributed by atoms with Crippen molar-refractivity contribution in [3.63, 3.8) is 0 Å². The van der Waals surface area contributed by atoms with Gasteiger partial charge in [0.15, 0.2) is 15.5 Å². The molecule has 0 amide bonds. The molecule has 1 saturated heterocycles. The molecule has 10 heteroatoms. The number of hydrogen-bond donors (Lipinski definition) is 3. The van der Waals surface area contributed by atoms with Crippen molar-refractivity contribution < 1.29 is 8.42 Å². The molecule has 190 valence electrons. The molecule has 4 aromatic rings. The van der Waals surface area contributed by atoms with Gasteiger partial charge in [0.2, 0.25) is 5.95 Å². The Morgan fingerprint density at radius 3 is 2.54 bits per heavy atom. The molecule has 0 radical (unpaired) electrons. The standard InChI is InChI=1S/C27H28N6O3S/c28-23-17-6-2-1-5-16(17)15-27(23)10-12-33(13-11-27)26-29-24-21(25(34)30-26)22(31-32-24)19-9-14-37(35,36)20-8-4-3-7-18(19)20/h1-8,19,23H,9-15,28H2,(H2,29,30,31,32,34)/t19?,23-/m1/s1. The first-order valence-electron chi connectivity index (χ1n) is 12.7. The largest absolute Gasteiger partial charge is 0.342 e. The molecule has 7 rings (SSSR count). The highest BCUT2D eigenvalue weighted by atomic mass is 32.2. The zero-order valence-electron chi connectivity index (χ0n) is 20.3. The highest BCUT2D eigenvalue weighted by Gasteiger charge is 2.46. The van der Waals surface area contributed by atoms with Crippen LogP contribution in [0.25, 0.3) is 11.0 Å². The Labute approximate surface area is 214 Å². The predicted molar refractivity (Wildman–Crippen MR) is 140 cm³/mol. The van der Waals surface area contributed by atoms with Gasteiger partial charge in [0.1, 0.15) is 5.39 Å². The van der Waals surface area contributed by atoms with E-state index in [2.05, 4.69) is 44.3 Å². The second kappa shape index (κ2) is 8.00. The molecule has 3 aliphatic rings. The van der Waals surface area contributed by atoms with Crippen LogP contribution >= 0.6 is 0 Å². The van der Waals surface area contributed by atoms with Crippen molar-refractivity contribution in [1.82, 2.24) is 20.2 Å². The Hall–Kier alpha value is -3.50. The van der Waals surface area contributed by atoms with Crippen LogP contribution in [-0.2, 0) is 16.3 Å². The zero-order chi connectivity index (χ0) is 25.4. The molecule has 0 bridgehead atoms. The van der Waals surface area contributed by atoms with Gasteiger partial charge in [0.05, 0.1) is 16.3 Å². The van der Waals surface area contributed by atoms with Crippen LogP contribution in [0, 0.1) is 5.41 Å². The second-order valence-corrected chi connectivity index (χ2v) is 12.7. The third-order valence-electron chi connectivity index (χ3n) is 8.74. The normalized spacial score (nSPS) is 23.8. The molecule has 9 nitrogen and oxygen atoms in total. The lowest BCUT2D eigenvalue weighted by Gasteiger charge is -2.42. The van der Waals surface area contributed by atoms with E-state index in [9.17, 15) is 13.2 Å². The van der Waals surface area contributed by atoms with E-state index in [1.54, 1.807) is 12.1 Å². The first-order chi connectivity index (χ1) is 17.9. The van der Waals surface area contributed by atoms with Gasteiger partial charge in [-0.2, -0.15) is 10.1 Å². The molecule has 1 aliphatic carbocycles. The van der Waals surface area contributed by atoms with E-state index in [0.29, 0.717) is 39.6 Å². The topological polar surface area (TPSA) is 138 Å². The van der Waals surface area contributed by atoms with E-state index >= 15 is 0 Å². The summed E-state index contributed by atoms with van der Waals surface area (Å²) in [5.74, 6) is 0.278. The predicted octanol–water partition coefficient (Wildman–Crippen LogP) is 2.80. The maximum Gasteiger partial charge on any atom is 0.263 e. The van der Waals surface area contributed by atoms with E-state index in [-0.39, 0.29) is 28.7 Å². The number of fused-ring (bicyclic) bond motifs is 3. The fraction of sp³-hybridized carbons (Fsp3) is 0.370. The molecule has 0 saturated carbocycles. The van der Waals surface area contributed by atoms with Gasteiger partial charge < -0.3 is 10.6 Å². The third-order valence-corrected chi connectivity index (χ3v) is 10.6. The summed E-state index contributed by atoms with van der Waals surface area (Å²) in [4.78, 5) is 23.5. The summed E-state index contributed by atoms with van der Waals surface area (Å²) in [5, 5.41) is 7.79. The average Bonchev–Trinajstić information content (AvgIpc) is 3.44. The lowest BCUT2D eigenvalue weighted by atomic mass is 9.73. The van der Waals surface area contributed by atoms with Crippen molar-refractivity contribution in [2.75, 3.05) is 23.7 Å². The molecule has 1 fully saturated rings. The van der Waals surface area contributed by atoms with Gasteiger partial charge in [-0.15, -0.1) is 0 Å². The number of aromatic amines is 2. The van der Waals surface area contributed by atoms with Gasteiger partial charge in [-0.25, -0.2) is 8.42 Å². The van der Waals surface area contributed by atoms with Crippen LogP contribution in [-0.4, -0.2) is 47.4 Å². The maximum absolute atomic E-state index is 13.3. The molecule has 1 spiro atoms. The summed E-state index contributed by atoms with van der Waals surface area (Å²) >= 11 is 0. The highest BCUT2D eigenvalue weighted by Crippen LogP contribution is 2.50. The van der Waals surface area contributed by atoms with Gasteiger partial charge in [-0.1, -0.05) is 42.5 Å². The first-order valence-corrected chi connectivity index (χ1v) is 14.4.